The maximum absolute atomic E-state index is 5.71. The van der Waals surface area contributed by atoms with Gasteiger partial charge in [-0.15, -0.1) is 11.3 Å². The van der Waals surface area contributed by atoms with Crippen LogP contribution in [0.3, 0.4) is 0 Å². The van der Waals surface area contributed by atoms with E-state index in [1.54, 1.807) is 0 Å². The molecule has 2 nitrogen and oxygen atoms in total. The Kier molecular flexibility index (Phi) is 2.34. The van der Waals surface area contributed by atoms with Gasteiger partial charge in [0.15, 0.2) is 0 Å². The number of nitrogens with one attached hydrogen (secondary N) is 1. The fourth-order valence-corrected chi connectivity index (χ4v) is 4.14. The van der Waals surface area contributed by atoms with Crippen molar-refractivity contribution in [2.45, 2.75) is 32.2 Å². The molecule has 82 valence electrons. The molecule has 0 bridgehead atoms. The third-order valence-corrected chi connectivity index (χ3v) is 5.08. The third-order valence-electron chi connectivity index (χ3n) is 4.00. The van der Waals surface area contributed by atoms with Crippen molar-refractivity contribution in [2.75, 3.05) is 0 Å². The summed E-state index contributed by atoms with van der Waals surface area (Å²) >= 11 is 1.88. The summed E-state index contributed by atoms with van der Waals surface area (Å²) in [4.78, 5) is 2.80. The van der Waals surface area contributed by atoms with Crippen molar-refractivity contribution in [3.05, 3.63) is 21.9 Å². The molecule has 3 atom stereocenters. The highest BCUT2D eigenvalue weighted by Crippen LogP contribution is 2.57. The topological polar surface area (TPSA) is 38.0 Å². The molecule has 15 heavy (non-hydrogen) atoms. The van der Waals surface area contributed by atoms with Gasteiger partial charge in [0.05, 0.1) is 6.04 Å². The predicted octanol–water partition coefficient (Wildman–Crippen LogP) is 2.61. The van der Waals surface area contributed by atoms with E-state index < -0.39 is 0 Å². The molecular formula is C12H18N2S. The standard InChI is InChI=1S/C12H18N2S/c1-7-2-3-11(15-7)12(14-13)10-5-8-4-9(8)6-10/h2-3,8-10,12,14H,4-6,13H2,1H3. The van der Waals surface area contributed by atoms with Gasteiger partial charge in [0.2, 0.25) is 0 Å². The first-order chi connectivity index (χ1) is 7.28. The Morgan fingerprint density at radius 3 is 2.60 bits per heavy atom. The second-order valence-corrected chi connectivity index (χ2v) is 6.40. The van der Waals surface area contributed by atoms with Crippen molar-refractivity contribution in [1.29, 1.82) is 0 Å². The Labute approximate surface area is 94.8 Å². The zero-order chi connectivity index (χ0) is 10.4. The number of rotatable bonds is 3. The molecule has 0 radical (unpaired) electrons. The van der Waals surface area contributed by atoms with Gasteiger partial charge in [-0.2, -0.15) is 0 Å². The number of aryl methyl sites for hydroxylation is 1. The number of hydrazine groups is 1. The van der Waals surface area contributed by atoms with Gasteiger partial charge in [-0.1, -0.05) is 0 Å². The van der Waals surface area contributed by atoms with Gasteiger partial charge in [-0.25, -0.2) is 0 Å². The van der Waals surface area contributed by atoms with Crippen LogP contribution in [0.5, 0.6) is 0 Å². The fraction of sp³-hybridized carbons (Fsp3) is 0.667. The Balaban J connectivity index is 1.76. The molecule has 3 N–H and O–H groups in total. The zero-order valence-electron chi connectivity index (χ0n) is 9.07. The van der Waals surface area contributed by atoms with Gasteiger partial charge < -0.3 is 0 Å². The summed E-state index contributed by atoms with van der Waals surface area (Å²) in [6, 6.07) is 4.82. The minimum atomic E-state index is 0.400. The second-order valence-electron chi connectivity index (χ2n) is 5.08. The van der Waals surface area contributed by atoms with E-state index >= 15 is 0 Å². The molecule has 2 fully saturated rings. The molecule has 1 heterocycles. The lowest BCUT2D eigenvalue weighted by Gasteiger charge is -2.22. The van der Waals surface area contributed by atoms with E-state index in [0.29, 0.717) is 6.04 Å². The molecule has 3 heteroatoms. The minimum Gasteiger partial charge on any atom is -0.271 e. The molecule has 0 amide bonds. The van der Waals surface area contributed by atoms with Crippen LogP contribution in [-0.4, -0.2) is 0 Å². The van der Waals surface area contributed by atoms with Gasteiger partial charge >= 0.3 is 0 Å². The average molecular weight is 222 g/mol. The van der Waals surface area contributed by atoms with Crippen LogP contribution in [-0.2, 0) is 0 Å². The quantitative estimate of drug-likeness (QED) is 0.609. The Hall–Kier alpha value is -0.380. The normalized spacial score (nSPS) is 35.2. The van der Waals surface area contributed by atoms with Crippen LogP contribution in [0.4, 0.5) is 0 Å². The van der Waals surface area contributed by atoms with Crippen LogP contribution in [0, 0.1) is 24.7 Å². The van der Waals surface area contributed by atoms with Gasteiger partial charge in [0.1, 0.15) is 0 Å². The number of hydrogen-bond donors (Lipinski definition) is 2. The first-order valence-electron chi connectivity index (χ1n) is 5.80. The molecule has 1 aromatic heterocycles. The van der Waals surface area contributed by atoms with Crippen LogP contribution < -0.4 is 11.3 Å². The molecule has 2 aliphatic rings. The largest absolute Gasteiger partial charge is 0.271 e. The lowest BCUT2D eigenvalue weighted by Crippen LogP contribution is -2.32. The highest BCUT2D eigenvalue weighted by Gasteiger charge is 2.48. The highest BCUT2D eigenvalue weighted by atomic mass is 32.1. The van der Waals surface area contributed by atoms with E-state index in [0.717, 1.165) is 17.8 Å². The summed E-state index contributed by atoms with van der Waals surface area (Å²) in [6.45, 7) is 2.16. The van der Waals surface area contributed by atoms with Crippen molar-refractivity contribution < 1.29 is 0 Å². The number of hydrogen-bond acceptors (Lipinski definition) is 3. The molecule has 1 aromatic rings. The summed E-state index contributed by atoms with van der Waals surface area (Å²) in [5.41, 5.74) is 3.03. The molecular weight excluding hydrogens is 204 g/mol. The average Bonchev–Trinajstić information content (AvgIpc) is 2.63. The number of thiophene rings is 1. The van der Waals surface area contributed by atoms with Gasteiger partial charge in [-0.3, -0.25) is 11.3 Å². The summed E-state index contributed by atoms with van der Waals surface area (Å²) in [5.74, 6) is 8.55. The van der Waals surface area contributed by atoms with Crippen LogP contribution in [0.15, 0.2) is 12.1 Å². The van der Waals surface area contributed by atoms with Crippen LogP contribution >= 0.6 is 11.3 Å². The van der Waals surface area contributed by atoms with Crippen molar-refractivity contribution in [3.63, 3.8) is 0 Å². The monoisotopic (exact) mass is 222 g/mol. The maximum atomic E-state index is 5.71. The number of nitrogens with two attached hydrogens (primary N) is 1. The summed E-state index contributed by atoms with van der Waals surface area (Å²) in [6.07, 6.45) is 4.25. The lowest BCUT2D eigenvalue weighted by atomic mass is 9.94. The van der Waals surface area contributed by atoms with E-state index in [2.05, 4.69) is 24.5 Å². The summed E-state index contributed by atoms with van der Waals surface area (Å²) in [7, 11) is 0. The van der Waals surface area contributed by atoms with E-state index in [9.17, 15) is 0 Å². The summed E-state index contributed by atoms with van der Waals surface area (Å²) < 4.78 is 0. The molecule has 3 rings (SSSR count). The fourth-order valence-electron chi connectivity index (χ4n) is 3.10. The van der Waals surface area contributed by atoms with Crippen LogP contribution in [0.2, 0.25) is 0 Å². The predicted molar refractivity (Wildman–Crippen MR) is 63.4 cm³/mol. The Morgan fingerprint density at radius 1 is 1.33 bits per heavy atom. The van der Waals surface area contributed by atoms with Gasteiger partial charge in [0.25, 0.3) is 0 Å². The molecule has 0 aromatic carbocycles. The third kappa shape index (κ3) is 1.73. The molecule has 2 aliphatic carbocycles. The van der Waals surface area contributed by atoms with Crippen LogP contribution in [0.1, 0.15) is 35.1 Å². The lowest BCUT2D eigenvalue weighted by molar-refractivity contribution is 0.350. The molecule has 0 saturated heterocycles. The minimum absolute atomic E-state index is 0.400. The van der Waals surface area contributed by atoms with E-state index in [-0.39, 0.29) is 0 Å². The van der Waals surface area contributed by atoms with Crippen LogP contribution in [0.25, 0.3) is 0 Å². The van der Waals surface area contributed by atoms with Crippen molar-refractivity contribution >= 4 is 11.3 Å². The number of fused-ring (bicyclic) bond motifs is 1. The van der Waals surface area contributed by atoms with Crippen molar-refractivity contribution in [1.82, 2.24) is 5.43 Å². The Bertz CT molecular complexity index is 350. The van der Waals surface area contributed by atoms with Crippen molar-refractivity contribution in [3.8, 4) is 0 Å². The SMILES string of the molecule is Cc1ccc(C(NN)C2CC3CC3C2)s1. The van der Waals surface area contributed by atoms with E-state index in [1.807, 2.05) is 11.3 Å². The van der Waals surface area contributed by atoms with E-state index in [1.165, 1.54) is 29.0 Å². The summed E-state index contributed by atoms with van der Waals surface area (Å²) in [5, 5.41) is 0. The molecule has 2 saturated carbocycles. The van der Waals surface area contributed by atoms with Crippen molar-refractivity contribution in [2.24, 2.45) is 23.6 Å². The Morgan fingerprint density at radius 2 is 2.07 bits per heavy atom. The van der Waals surface area contributed by atoms with Gasteiger partial charge in [-0.05, 0) is 56.1 Å². The molecule has 0 aliphatic heterocycles. The smallest absolute Gasteiger partial charge is 0.0581 e. The zero-order valence-corrected chi connectivity index (χ0v) is 9.89. The second kappa shape index (κ2) is 3.58. The maximum Gasteiger partial charge on any atom is 0.0581 e. The molecule has 0 spiro atoms. The first-order valence-corrected chi connectivity index (χ1v) is 6.62. The highest BCUT2D eigenvalue weighted by molar-refractivity contribution is 7.12. The molecule has 3 unspecified atom stereocenters. The van der Waals surface area contributed by atoms with Gasteiger partial charge in [0, 0.05) is 9.75 Å². The van der Waals surface area contributed by atoms with E-state index in [4.69, 9.17) is 5.84 Å². The first kappa shape index (κ1) is 9.82.